The van der Waals surface area contributed by atoms with Crippen LogP contribution in [0.4, 0.5) is 5.95 Å². The maximum atomic E-state index is 6.22. The van der Waals surface area contributed by atoms with Crippen LogP contribution in [0, 0.1) is 0 Å². The van der Waals surface area contributed by atoms with Crippen molar-refractivity contribution in [2.45, 2.75) is 37.3 Å². The minimum absolute atomic E-state index is 0. The first-order chi connectivity index (χ1) is 11.3. The van der Waals surface area contributed by atoms with Crippen LogP contribution in [0.3, 0.4) is 0 Å². The molecule has 4 rings (SSSR count). The molecule has 0 bridgehead atoms. The summed E-state index contributed by atoms with van der Waals surface area (Å²) in [5, 5.41) is 3.46. The van der Waals surface area contributed by atoms with Crippen LogP contribution in [0.5, 0.6) is 0 Å². The molecule has 1 spiro atoms. The van der Waals surface area contributed by atoms with E-state index in [2.05, 4.69) is 25.1 Å². The molecule has 3 aliphatic heterocycles. The molecular formula is C17H29Cl2N5O. The van der Waals surface area contributed by atoms with Gasteiger partial charge in [-0.3, -0.25) is 4.90 Å². The molecular weight excluding hydrogens is 361 g/mol. The predicted octanol–water partition coefficient (Wildman–Crippen LogP) is 1.74. The molecule has 4 heterocycles. The molecule has 3 saturated heterocycles. The Hall–Kier alpha value is -0.660. The third-order valence-corrected chi connectivity index (χ3v) is 5.65. The second kappa shape index (κ2) is 9.33. The number of hydrogen-bond acceptors (Lipinski definition) is 6. The number of aromatic nitrogens is 2. The zero-order chi connectivity index (χ0) is 15.5. The molecule has 0 saturated carbocycles. The largest absolute Gasteiger partial charge is 0.375 e. The van der Waals surface area contributed by atoms with Crippen LogP contribution in [0.1, 0.15) is 25.7 Å². The van der Waals surface area contributed by atoms with Crippen LogP contribution in [-0.2, 0) is 4.74 Å². The number of anilines is 1. The Morgan fingerprint density at radius 2 is 1.72 bits per heavy atom. The van der Waals surface area contributed by atoms with Crippen LogP contribution in [0.15, 0.2) is 18.5 Å². The van der Waals surface area contributed by atoms with E-state index in [0.29, 0.717) is 6.04 Å². The zero-order valence-corrected chi connectivity index (χ0v) is 16.2. The van der Waals surface area contributed by atoms with Gasteiger partial charge in [-0.15, -0.1) is 24.8 Å². The van der Waals surface area contributed by atoms with E-state index < -0.39 is 0 Å². The number of hydrogen-bond donors (Lipinski definition) is 1. The number of piperazine rings is 1. The molecule has 6 nitrogen and oxygen atoms in total. The van der Waals surface area contributed by atoms with E-state index in [0.717, 1.165) is 51.8 Å². The average molecular weight is 390 g/mol. The van der Waals surface area contributed by atoms with Gasteiger partial charge in [0.15, 0.2) is 0 Å². The average Bonchev–Trinajstić information content (AvgIpc) is 2.63. The summed E-state index contributed by atoms with van der Waals surface area (Å²) in [6.45, 7) is 7.39. The molecule has 1 unspecified atom stereocenters. The fraction of sp³-hybridized carbons (Fsp3) is 0.765. The minimum Gasteiger partial charge on any atom is -0.375 e. The summed E-state index contributed by atoms with van der Waals surface area (Å²) < 4.78 is 6.22. The first-order valence-corrected chi connectivity index (χ1v) is 8.95. The van der Waals surface area contributed by atoms with Crippen LogP contribution in [0.25, 0.3) is 0 Å². The number of nitrogens with zero attached hydrogens (tertiary/aromatic N) is 4. The number of ether oxygens (including phenoxy) is 1. The minimum atomic E-state index is 0. The van der Waals surface area contributed by atoms with E-state index in [1.807, 2.05) is 18.5 Å². The number of halogens is 2. The van der Waals surface area contributed by atoms with Crippen LogP contribution < -0.4 is 10.2 Å². The first-order valence-electron chi connectivity index (χ1n) is 8.95. The first kappa shape index (κ1) is 20.6. The lowest BCUT2D eigenvalue weighted by Gasteiger charge is -2.48. The van der Waals surface area contributed by atoms with E-state index in [4.69, 9.17) is 4.74 Å². The van der Waals surface area contributed by atoms with Gasteiger partial charge >= 0.3 is 0 Å². The molecule has 0 aromatic carbocycles. The Labute approximate surface area is 162 Å². The van der Waals surface area contributed by atoms with Crippen LogP contribution >= 0.6 is 24.8 Å². The predicted molar refractivity (Wildman–Crippen MR) is 104 cm³/mol. The Morgan fingerprint density at radius 1 is 1.04 bits per heavy atom. The maximum absolute atomic E-state index is 6.22. The van der Waals surface area contributed by atoms with E-state index in [1.54, 1.807) is 0 Å². The van der Waals surface area contributed by atoms with E-state index >= 15 is 0 Å². The van der Waals surface area contributed by atoms with Gasteiger partial charge in [-0.2, -0.15) is 0 Å². The topological polar surface area (TPSA) is 53.5 Å². The number of piperidine rings is 1. The van der Waals surface area contributed by atoms with Gasteiger partial charge in [0.25, 0.3) is 0 Å². The summed E-state index contributed by atoms with van der Waals surface area (Å²) in [6.07, 6.45) is 8.37. The fourth-order valence-electron chi connectivity index (χ4n) is 4.29. The summed E-state index contributed by atoms with van der Waals surface area (Å²) in [6, 6.07) is 2.56. The molecule has 1 atom stereocenters. The number of rotatable bonds is 2. The Morgan fingerprint density at radius 3 is 2.40 bits per heavy atom. The molecule has 0 aliphatic carbocycles. The summed E-state index contributed by atoms with van der Waals surface area (Å²) in [4.78, 5) is 13.7. The summed E-state index contributed by atoms with van der Waals surface area (Å²) in [5.74, 6) is 0.869. The van der Waals surface area contributed by atoms with Crippen molar-refractivity contribution in [2.75, 3.05) is 50.8 Å². The smallest absolute Gasteiger partial charge is 0.225 e. The highest BCUT2D eigenvalue weighted by Crippen LogP contribution is 2.35. The van der Waals surface area contributed by atoms with Crippen LogP contribution in [0.2, 0.25) is 0 Å². The molecule has 3 aliphatic rings. The van der Waals surface area contributed by atoms with Crippen molar-refractivity contribution in [1.82, 2.24) is 20.2 Å². The van der Waals surface area contributed by atoms with Crippen molar-refractivity contribution >= 4 is 30.8 Å². The molecule has 0 radical (unpaired) electrons. The lowest BCUT2D eigenvalue weighted by molar-refractivity contribution is -0.121. The molecule has 3 fully saturated rings. The molecule has 8 heteroatoms. The fourth-order valence-corrected chi connectivity index (χ4v) is 4.29. The number of nitrogens with one attached hydrogen (secondary N) is 1. The Balaban J connectivity index is 0.00000113. The third-order valence-electron chi connectivity index (χ3n) is 5.65. The van der Waals surface area contributed by atoms with Gasteiger partial charge in [-0.1, -0.05) is 0 Å². The highest BCUT2D eigenvalue weighted by Gasteiger charge is 2.40. The molecule has 1 N–H and O–H groups in total. The molecule has 1 aromatic rings. The standard InChI is InChI=1S/C17H27N5O.2ClH/c1-5-19-16(20-6-1)22-11-9-21(10-12-22)15-2-13-23-17(14-15)3-7-18-8-4-17;;/h1,5-6,15,18H,2-4,7-14H2;2*1H. The van der Waals surface area contributed by atoms with Crippen LogP contribution in [-0.4, -0.2) is 72.4 Å². The second-order valence-corrected chi connectivity index (χ2v) is 7.00. The summed E-state index contributed by atoms with van der Waals surface area (Å²) in [5.41, 5.74) is 0.147. The van der Waals surface area contributed by atoms with Gasteiger partial charge < -0.3 is 15.0 Å². The summed E-state index contributed by atoms with van der Waals surface area (Å²) in [7, 11) is 0. The van der Waals surface area contributed by atoms with Gasteiger partial charge in [0.05, 0.1) is 5.60 Å². The quantitative estimate of drug-likeness (QED) is 0.831. The molecule has 25 heavy (non-hydrogen) atoms. The zero-order valence-electron chi connectivity index (χ0n) is 14.6. The van der Waals surface area contributed by atoms with E-state index in [1.165, 1.54) is 25.7 Å². The van der Waals surface area contributed by atoms with Crippen molar-refractivity contribution in [1.29, 1.82) is 0 Å². The highest BCUT2D eigenvalue weighted by molar-refractivity contribution is 5.85. The third kappa shape index (κ3) is 4.74. The second-order valence-electron chi connectivity index (χ2n) is 7.00. The Kier molecular flexibility index (Phi) is 7.70. The monoisotopic (exact) mass is 389 g/mol. The molecule has 1 aromatic heterocycles. The van der Waals surface area contributed by atoms with Gasteiger partial charge in [0.1, 0.15) is 0 Å². The van der Waals surface area contributed by atoms with Crippen molar-refractivity contribution < 1.29 is 4.74 Å². The van der Waals surface area contributed by atoms with E-state index in [-0.39, 0.29) is 30.4 Å². The van der Waals surface area contributed by atoms with Crippen molar-refractivity contribution in [3.05, 3.63) is 18.5 Å². The van der Waals surface area contributed by atoms with Gasteiger partial charge in [0, 0.05) is 51.2 Å². The van der Waals surface area contributed by atoms with E-state index in [9.17, 15) is 0 Å². The normalized spacial score (nSPS) is 26.6. The van der Waals surface area contributed by atoms with Crippen molar-refractivity contribution in [3.8, 4) is 0 Å². The molecule has 142 valence electrons. The van der Waals surface area contributed by atoms with Crippen molar-refractivity contribution in [3.63, 3.8) is 0 Å². The van der Waals surface area contributed by atoms with Gasteiger partial charge in [-0.05, 0) is 44.8 Å². The van der Waals surface area contributed by atoms with Gasteiger partial charge in [-0.25, -0.2) is 9.97 Å². The summed E-state index contributed by atoms with van der Waals surface area (Å²) >= 11 is 0. The maximum Gasteiger partial charge on any atom is 0.225 e. The SMILES string of the molecule is Cl.Cl.c1cnc(N2CCN(C3CCOC4(CCNCC4)C3)CC2)nc1. The molecule has 0 amide bonds. The van der Waals surface area contributed by atoms with Crippen molar-refractivity contribution in [2.24, 2.45) is 0 Å². The highest BCUT2D eigenvalue weighted by atomic mass is 35.5. The lowest BCUT2D eigenvalue weighted by Crippen LogP contribution is -2.57. The lowest BCUT2D eigenvalue weighted by atomic mass is 9.82. The Bertz CT molecular complexity index is 502. The van der Waals surface area contributed by atoms with Gasteiger partial charge in [0.2, 0.25) is 5.95 Å².